The van der Waals surface area contributed by atoms with Crippen molar-refractivity contribution in [3.8, 4) is 11.8 Å². The van der Waals surface area contributed by atoms with Crippen molar-refractivity contribution in [3.63, 3.8) is 0 Å². The molecule has 2 rings (SSSR count). The lowest BCUT2D eigenvalue weighted by Crippen LogP contribution is -2.12. The summed E-state index contributed by atoms with van der Waals surface area (Å²) < 4.78 is 18.2. The van der Waals surface area contributed by atoms with E-state index in [0.29, 0.717) is 11.3 Å². The predicted octanol–water partition coefficient (Wildman–Crippen LogP) is 3.06. The van der Waals surface area contributed by atoms with Gasteiger partial charge in [-0.1, -0.05) is 11.8 Å². The third kappa shape index (κ3) is 4.09. The van der Waals surface area contributed by atoms with Crippen LogP contribution < -0.4 is 5.32 Å². The number of aliphatic hydroxyl groups is 1. The maximum absolute atomic E-state index is 13.3. The van der Waals surface area contributed by atoms with Crippen LogP contribution >= 0.6 is 11.6 Å². The number of anilines is 1. The molecule has 0 aliphatic heterocycles. The highest BCUT2D eigenvalue weighted by Crippen LogP contribution is 2.19. The molecule has 0 saturated heterocycles. The van der Waals surface area contributed by atoms with Crippen molar-refractivity contribution in [1.29, 1.82) is 0 Å². The van der Waals surface area contributed by atoms with E-state index in [4.69, 9.17) is 21.1 Å². The minimum absolute atomic E-state index is 0.0404. The molecule has 0 spiro atoms. The third-order valence-electron chi connectivity index (χ3n) is 2.49. The molecule has 0 fully saturated rings. The Morgan fingerprint density at radius 1 is 1.38 bits per heavy atom. The van der Waals surface area contributed by atoms with Crippen molar-refractivity contribution in [2.75, 3.05) is 11.9 Å². The van der Waals surface area contributed by atoms with Crippen LogP contribution in [0.25, 0.3) is 0 Å². The molecule has 0 radical (unpaired) electrons. The quantitative estimate of drug-likeness (QED) is 0.857. The molecular formula is C15H11ClFNO3. The minimum atomic E-state index is -0.515. The molecule has 2 aromatic rings. The summed E-state index contributed by atoms with van der Waals surface area (Å²) in [4.78, 5) is 11.9. The van der Waals surface area contributed by atoms with E-state index in [-0.39, 0.29) is 24.0 Å². The van der Waals surface area contributed by atoms with E-state index in [1.807, 2.05) is 0 Å². The Balaban J connectivity index is 2.23. The van der Waals surface area contributed by atoms with Crippen molar-refractivity contribution in [1.82, 2.24) is 0 Å². The fourth-order valence-electron chi connectivity index (χ4n) is 1.56. The molecule has 21 heavy (non-hydrogen) atoms. The van der Waals surface area contributed by atoms with Crippen LogP contribution in [0, 0.1) is 17.7 Å². The van der Waals surface area contributed by atoms with Gasteiger partial charge in [0.1, 0.15) is 5.82 Å². The number of benzene rings is 1. The lowest BCUT2D eigenvalue weighted by molar-refractivity contribution is 0.0996. The van der Waals surface area contributed by atoms with E-state index >= 15 is 0 Å². The molecular weight excluding hydrogens is 297 g/mol. The average molecular weight is 308 g/mol. The molecule has 0 aliphatic carbocycles. The summed E-state index contributed by atoms with van der Waals surface area (Å²) in [6.45, 7) is -0.0884. The van der Waals surface area contributed by atoms with Gasteiger partial charge >= 0.3 is 0 Å². The van der Waals surface area contributed by atoms with Gasteiger partial charge in [-0.05, 0) is 41.9 Å². The summed E-state index contributed by atoms with van der Waals surface area (Å²) in [7, 11) is 0. The van der Waals surface area contributed by atoms with Crippen LogP contribution in [-0.4, -0.2) is 17.6 Å². The highest BCUT2D eigenvalue weighted by atomic mass is 35.5. The maximum atomic E-state index is 13.3. The molecule has 0 unspecified atom stereocenters. The third-order valence-corrected chi connectivity index (χ3v) is 2.69. The van der Waals surface area contributed by atoms with Gasteiger partial charge in [0.2, 0.25) is 0 Å². The smallest absolute Gasteiger partial charge is 0.291 e. The number of amides is 1. The minimum Gasteiger partial charge on any atom is -0.440 e. The van der Waals surface area contributed by atoms with E-state index in [9.17, 15) is 9.18 Å². The highest BCUT2D eigenvalue weighted by molar-refractivity contribution is 6.29. The van der Waals surface area contributed by atoms with E-state index < -0.39 is 11.7 Å². The Kier molecular flexibility index (Phi) is 4.99. The fourth-order valence-corrected chi connectivity index (χ4v) is 1.71. The van der Waals surface area contributed by atoms with Crippen molar-refractivity contribution >= 4 is 23.2 Å². The van der Waals surface area contributed by atoms with Crippen LogP contribution in [0.3, 0.4) is 0 Å². The lowest BCUT2D eigenvalue weighted by atomic mass is 10.1. The number of hydrogen-bond acceptors (Lipinski definition) is 3. The molecule has 2 N–H and O–H groups in total. The van der Waals surface area contributed by atoms with E-state index in [0.717, 1.165) is 0 Å². The number of rotatable bonds is 3. The zero-order valence-electron chi connectivity index (χ0n) is 10.8. The predicted molar refractivity (Wildman–Crippen MR) is 76.7 cm³/mol. The number of furan rings is 1. The number of hydrogen-bond donors (Lipinski definition) is 2. The van der Waals surface area contributed by atoms with Gasteiger partial charge in [0.15, 0.2) is 11.0 Å². The van der Waals surface area contributed by atoms with Gasteiger partial charge in [-0.3, -0.25) is 4.79 Å². The summed E-state index contributed by atoms with van der Waals surface area (Å²) in [6.07, 6.45) is 0.262. The molecule has 0 bridgehead atoms. The largest absolute Gasteiger partial charge is 0.440 e. The first-order valence-electron chi connectivity index (χ1n) is 6.06. The van der Waals surface area contributed by atoms with Gasteiger partial charge in [-0.2, -0.15) is 0 Å². The van der Waals surface area contributed by atoms with Crippen molar-refractivity contribution < 1.29 is 18.7 Å². The highest BCUT2D eigenvalue weighted by Gasteiger charge is 2.12. The molecule has 0 atom stereocenters. The monoisotopic (exact) mass is 307 g/mol. The van der Waals surface area contributed by atoms with E-state index in [1.54, 1.807) is 0 Å². The van der Waals surface area contributed by atoms with Gasteiger partial charge in [-0.25, -0.2) is 4.39 Å². The van der Waals surface area contributed by atoms with Crippen molar-refractivity contribution in [2.45, 2.75) is 6.42 Å². The number of nitrogens with one attached hydrogen (secondary N) is 1. The molecule has 1 aromatic carbocycles. The zero-order chi connectivity index (χ0) is 15.2. The van der Waals surface area contributed by atoms with Crippen LogP contribution in [-0.2, 0) is 0 Å². The number of halogens is 2. The van der Waals surface area contributed by atoms with E-state index in [1.165, 1.54) is 30.3 Å². The second kappa shape index (κ2) is 6.93. The molecule has 1 heterocycles. The molecule has 1 amide bonds. The zero-order valence-corrected chi connectivity index (χ0v) is 11.6. The van der Waals surface area contributed by atoms with Gasteiger partial charge in [0.05, 0.1) is 17.9 Å². The second-order valence-corrected chi connectivity index (χ2v) is 4.40. The lowest BCUT2D eigenvalue weighted by Gasteiger charge is -2.06. The first-order chi connectivity index (χ1) is 10.1. The standard InChI is InChI=1S/C15H11ClFNO3/c16-14-7-6-13(21-14)15(20)18-12-5-4-11(17)9-10(12)3-1-2-8-19/h4-7,9,19H,2,8H2,(H,18,20). The van der Waals surface area contributed by atoms with Gasteiger partial charge < -0.3 is 14.8 Å². The normalized spacial score (nSPS) is 9.86. The first-order valence-corrected chi connectivity index (χ1v) is 6.44. The molecule has 0 saturated carbocycles. The van der Waals surface area contributed by atoms with Crippen LogP contribution in [0.15, 0.2) is 34.7 Å². The van der Waals surface area contributed by atoms with E-state index in [2.05, 4.69) is 17.2 Å². The topological polar surface area (TPSA) is 62.5 Å². The van der Waals surface area contributed by atoms with Crippen molar-refractivity contribution in [3.05, 3.63) is 52.7 Å². The molecule has 108 valence electrons. The Morgan fingerprint density at radius 2 is 2.19 bits per heavy atom. The van der Waals surface area contributed by atoms with Gasteiger partial charge in [0.25, 0.3) is 5.91 Å². The second-order valence-electron chi connectivity index (χ2n) is 4.02. The van der Waals surface area contributed by atoms with Gasteiger partial charge in [0, 0.05) is 6.42 Å². The van der Waals surface area contributed by atoms with Crippen LogP contribution in [0.4, 0.5) is 10.1 Å². The first kappa shape index (κ1) is 15.1. The number of carbonyl (C=O) groups is 1. The Bertz CT molecular complexity index is 715. The summed E-state index contributed by atoms with van der Waals surface area (Å²) in [5.41, 5.74) is 0.661. The van der Waals surface area contributed by atoms with Gasteiger partial charge in [-0.15, -0.1) is 0 Å². The molecule has 6 heteroatoms. The summed E-state index contributed by atoms with van der Waals surface area (Å²) in [5, 5.41) is 11.4. The summed E-state index contributed by atoms with van der Waals surface area (Å²) in [6, 6.07) is 6.69. The number of carbonyl (C=O) groups excluding carboxylic acids is 1. The van der Waals surface area contributed by atoms with Crippen LogP contribution in [0.1, 0.15) is 22.5 Å². The fraction of sp³-hybridized carbons (Fsp3) is 0.133. The Labute approximate surface area is 125 Å². The van der Waals surface area contributed by atoms with Crippen LogP contribution in [0.2, 0.25) is 5.22 Å². The summed E-state index contributed by atoms with van der Waals surface area (Å²) >= 11 is 5.60. The van der Waals surface area contributed by atoms with Crippen LogP contribution in [0.5, 0.6) is 0 Å². The molecule has 4 nitrogen and oxygen atoms in total. The summed E-state index contributed by atoms with van der Waals surface area (Å²) in [5.74, 6) is 4.42. The maximum Gasteiger partial charge on any atom is 0.291 e. The SMILES string of the molecule is O=C(Nc1ccc(F)cc1C#CCCO)c1ccc(Cl)o1. The number of aliphatic hydroxyl groups excluding tert-OH is 1. The van der Waals surface area contributed by atoms with Crippen molar-refractivity contribution in [2.24, 2.45) is 0 Å². The molecule has 1 aromatic heterocycles. The Hall–Kier alpha value is -2.29. The Morgan fingerprint density at radius 3 is 2.86 bits per heavy atom. The molecule has 0 aliphatic rings. The average Bonchev–Trinajstić information content (AvgIpc) is 2.88.